The van der Waals surface area contributed by atoms with Crippen LogP contribution in [-0.2, 0) is 16.6 Å². The van der Waals surface area contributed by atoms with E-state index in [1.54, 1.807) is 18.8 Å². The highest BCUT2D eigenvalue weighted by Crippen LogP contribution is 2.27. The Morgan fingerprint density at radius 3 is 2.62 bits per heavy atom. The number of carbonyl (C=O) groups is 1. The minimum atomic E-state index is -0.0962. The molecule has 0 saturated carbocycles. The monoisotopic (exact) mass is 297 g/mol. The number of hydrogen-bond donors (Lipinski definition) is 1. The number of nitrogens with one attached hydrogen (secondary N) is 1. The number of rotatable bonds is 8. The number of hydrogen-bond acceptors (Lipinski definition) is 4. The summed E-state index contributed by atoms with van der Waals surface area (Å²) in [6, 6.07) is 0. The zero-order valence-corrected chi connectivity index (χ0v) is 13.9. The van der Waals surface area contributed by atoms with Gasteiger partial charge in [0, 0.05) is 7.05 Å². The molecular formula is C15H27N3O3. The van der Waals surface area contributed by atoms with Crippen LogP contribution in [0, 0.1) is 12.8 Å². The number of aryl methyl sites for hydroxylation is 2. The average molecular weight is 297 g/mol. The lowest BCUT2D eigenvalue weighted by Crippen LogP contribution is -2.18. The first-order valence-corrected chi connectivity index (χ1v) is 7.34. The summed E-state index contributed by atoms with van der Waals surface area (Å²) in [5, 5.41) is 7.06. The Hall–Kier alpha value is -1.56. The summed E-state index contributed by atoms with van der Waals surface area (Å²) in [5.74, 6) is 1.05. The lowest BCUT2D eigenvalue weighted by molar-refractivity contribution is -0.117. The smallest absolute Gasteiger partial charge is 0.236 e. The van der Waals surface area contributed by atoms with Gasteiger partial charge in [-0.1, -0.05) is 13.8 Å². The molecule has 0 aliphatic heterocycles. The van der Waals surface area contributed by atoms with Crippen molar-refractivity contribution in [3.05, 3.63) is 5.69 Å². The second-order valence-corrected chi connectivity index (χ2v) is 5.70. The van der Waals surface area contributed by atoms with Gasteiger partial charge in [-0.3, -0.25) is 4.79 Å². The van der Waals surface area contributed by atoms with Crippen molar-refractivity contribution in [3.8, 4) is 5.88 Å². The van der Waals surface area contributed by atoms with Gasteiger partial charge in [0.15, 0.2) is 0 Å². The number of anilines is 1. The van der Waals surface area contributed by atoms with E-state index in [0.717, 1.165) is 12.1 Å². The fraction of sp³-hybridized carbons (Fsp3) is 0.733. The van der Waals surface area contributed by atoms with Gasteiger partial charge in [0.1, 0.15) is 5.69 Å². The first kappa shape index (κ1) is 17.5. The van der Waals surface area contributed by atoms with Crippen LogP contribution >= 0.6 is 0 Å². The Balaban J connectivity index is 2.44. The molecule has 1 atom stereocenters. The number of ether oxygens (including phenoxy) is 2. The molecule has 6 nitrogen and oxygen atoms in total. The number of carbonyl (C=O) groups excluding carboxylic acids is 1. The third kappa shape index (κ3) is 5.38. The van der Waals surface area contributed by atoms with Crippen LogP contribution < -0.4 is 10.1 Å². The van der Waals surface area contributed by atoms with E-state index in [2.05, 4.69) is 24.3 Å². The second-order valence-electron chi connectivity index (χ2n) is 5.70. The summed E-state index contributed by atoms with van der Waals surface area (Å²) in [6.07, 6.45) is 1.49. The van der Waals surface area contributed by atoms with Crippen LogP contribution in [0.25, 0.3) is 0 Å². The Morgan fingerprint density at radius 2 is 2.05 bits per heavy atom. The van der Waals surface area contributed by atoms with Crippen LogP contribution in [0.5, 0.6) is 5.88 Å². The maximum Gasteiger partial charge on any atom is 0.236 e. The van der Waals surface area contributed by atoms with Crippen molar-refractivity contribution in [3.63, 3.8) is 0 Å². The molecule has 21 heavy (non-hydrogen) atoms. The predicted octanol–water partition coefficient (Wildman–Crippen LogP) is 2.52. The van der Waals surface area contributed by atoms with Crippen LogP contribution in [0.15, 0.2) is 0 Å². The molecule has 1 amide bonds. The second kappa shape index (κ2) is 8.02. The van der Waals surface area contributed by atoms with Gasteiger partial charge in [0.25, 0.3) is 0 Å². The maximum atomic E-state index is 12.0. The van der Waals surface area contributed by atoms with Crippen LogP contribution in [-0.4, -0.2) is 35.5 Å². The first-order chi connectivity index (χ1) is 9.85. The molecule has 0 unspecified atom stereocenters. The molecule has 1 aromatic heterocycles. The van der Waals surface area contributed by atoms with Gasteiger partial charge in [-0.15, -0.1) is 0 Å². The maximum absolute atomic E-state index is 12.0. The van der Waals surface area contributed by atoms with Gasteiger partial charge in [-0.25, -0.2) is 4.68 Å². The topological polar surface area (TPSA) is 65.4 Å². The molecule has 0 aromatic carbocycles. The molecule has 120 valence electrons. The third-order valence-corrected chi connectivity index (χ3v) is 3.16. The van der Waals surface area contributed by atoms with E-state index >= 15 is 0 Å². The summed E-state index contributed by atoms with van der Waals surface area (Å²) in [5.41, 5.74) is 1.36. The highest BCUT2D eigenvalue weighted by Gasteiger charge is 2.16. The van der Waals surface area contributed by atoms with Gasteiger partial charge in [-0.05, 0) is 26.2 Å². The molecular weight excluding hydrogens is 270 g/mol. The fourth-order valence-electron chi connectivity index (χ4n) is 2.30. The molecule has 0 radical (unpaired) electrons. The molecule has 1 aromatic rings. The van der Waals surface area contributed by atoms with Crippen molar-refractivity contribution < 1.29 is 14.3 Å². The standard InChI is InChI=1S/C15H27N3O3/c1-10(2)9-11(3)21-8-7-13(19)16-14-12(4)17-18(5)15(14)20-6/h10-11H,7-9H2,1-6H3,(H,16,19)/t11-/m0/s1. The normalized spacial score (nSPS) is 12.5. The lowest BCUT2D eigenvalue weighted by atomic mass is 10.1. The highest BCUT2D eigenvalue weighted by molar-refractivity contribution is 5.92. The van der Waals surface area contributed by atoms with E-state index in [-0.39, 0.29) is 12.0 Å². The van der Waals surface area contributed by atoms with Crippen LogP contribution in [0.1, 0.15) is 39.3 Å². The summed E-state index contributed by atoms with van der Waals surface area (Å²) in [4.78, 5) is 12.0. The van der Waals surface area contributed by atoms with E-state index in [1.165, 1.54) is 0 Å². The van der Waals surface area contributed by atoms with Gasteiger partial charge in [0.05, 0.1) is 31.9 Å². The minimum Gasteiger partial charge on any atom is -0.480 e. The summed E-state index contributed by atoms with van der Waals surface area (Å²) >= 11 is 0. The zero-order valence-electron chi connectivity index (χ0n) is 13.9. The Labute approximate surface area is 126 Å². The van der Waals surface area contributed by atoms with Gasteiger partial charge in [0.2, 0.25) is 11.8 Å². The molecule has 0 aliphatic rings. The summed E-state index contributed by atoms with van der Waals surface area (Å²) < 4.78 is 12.5. The summed E-state index contributed by atoms with van der Waals surface area (Å²) in [6.45, 7) is 8.60. The molecule has 6 heteroatoms. The number of methoxy groups -OCH3 is 1. The molecule has 1 N–H and O–H groups in total. The number of amides is 1. The Morgan fingerprint density at radius 1 is 1.38 bits per heavy atom. The molecule has 0 fully saturated rings. The van der Waals surface area contributed by atoms with Crippen molar-refractivity contribution in [2.45, 2.75) is 46.6 Å². The van der Waals surface area contributed by atoms with Crippen molar-refractivity contribution in [1.29, 1.82) is 0 Å². The highest BCUT2D eigenvalue weighted by atomic mass is 16.5. The SMILES string of the molecule is COc1c(NC(=O)CCO[C@@H](C)CC(C)C)c(C)nn1C. The minimum absolute atomic E-state index is 0.0962. The van der Waals surface area contributed by atoms with Crippen LogP contribution in [0.2, 0.25) is 0 Å². The molecule has 1 heterocycles. The van der Waals surface area contributed by atoms with E-state index in [1.807, 2.05) is 13.8 Å². The fourth-order valence-corrected chi connectivity index (χ4v) is 2.30. The van der Waals surface area contributed by atoms with Gasteiger partial charge >= 0.3 is 0 Å². The molecule has 1 rings (SSSR count). The third-order valence-electron chi connectivity index (χ3n) is 3.16. The molecule has 0 bridgehead atoms. The molecule has 0 saturated heterocycles. The van der Waals surface area contributed by atoms with Gasteiger partial charge < -0.3 is 14.8 Å². The Kier molecular flexibility index (Phi) is 6.68. The first-order valence-electron chi connectivity index (χ1n) is 7.34. The molecule has 0 spiro atoms. The largest absolute Gasteiger partial charge is 0.480 e. The zero-order chi connectivity index (χ0) is 16.0. The summed E-state index contributed by atoms with van der Waals surface area (Å²) in [7, 11) is 3.33. The van der Waals surface area contributed by atoms with Crippen molar-refractivity contribution in [1.82, 2.24) is 9.78 Å². The van der Waals surface area contributed by atoms with E-state index in [4.69, 9.17) is 9.47 Å². The number of nitrogens with zero attached hydrogens (tertiary/aromatic N) is 2. The Bertz CT molecular complexity index is 469. The van der Waals surface area contributed by atoms with E-state index in [0.29, 0.717) is 30.5 Å². The number of aromatic nitrogens is 2. The van der Waals surface area contributed by atoms with Crippen molar-refractivity contribution in [2.24, 2.45) is 13.0 Å². The lowest BCUT2D eigenvalue weighted by Gasteiger charge is -2.15. The van der Waals surface area contributed by atoms with Crippen LogP contribution in [0.3, 0.4) is 0 Å². The van der Waals surface area contributed by atoms with E-state index in [9.17, 15) is 4.79 Å². The predicted molar refractivity (Wildman–Crippen MR) is 82.6 cm³/mol. The van der Waals surface area contributed by atoms with E-state index < -0.39 is 0 Å². The van der Waals surface area contributed by atoms with Crippen LogP contribution in [0.4, 0.5) is 5.69 Å². The average Bonchev–Trinajstić information content (AvgIpc) is 2.62. The quantitative estimate of drug-likeness (QED) is 0.800. The molecule has 0 aliphatic carbocycles. The van der Waals surface area contributed by atoms with Crippen molar-refractivity contribution >= 4 is 11.6 Å². The van der Waals surface area contributed by atoms with Gasteiger partial charge in [-0.2, -0.15) is 5.10 Å². The van der Waals surface area contributed by atoms with Crippen molar-refractivity contribution in [2.75, 3.05) is 19.0 Å².